The number of methoxy groups -OCH3 is 1. The van der Waals surface area contributed by atoms with Crippen molar-refractivity contribution in [1.29, 1.82) is 0 Å². The van der Waals surface area contributed by atoms with Crippen molar-refractivity contribution in [3.05, 3.63) is 23.8 Å². The number of hydrogen-bond acceptors (Lipinski definition) is 4. The molecule has 25 heavy (non-hydrogen) atoms. The van der Waals surface area contributed by atoms with Gasteiger partial charge in [-0.05, 0) is 65.2 Å². The minimum absolute atomic E-state index is 0.00831. The maximum atomic E-state index is 13.0. The van der Waals surface area contributed by atoms with Gasteiger partial charge in [0.2, 0.25) is 0 Å². The molecule has 1 saturated heterocycles. The number of carbonyl (C=O) groups excluding carboxylic acids is 2. The minimum atomic E-state index is -0.666. The second-order valence-corrected chi connectivity index (χ2v) is 8.09. The van der Waals surface area contributed by atoms with E-state index in [0.717, 1.165) is 5.56 Å². The number of amides is 2. The highest BCUT2D eigenvalue weighted by molar-refractivity contribution is 6.40. The Morgan fingerprint density at radius 1 is 1.20 bits per heavy atom. The van der Waals surface area contributed by atoms with Gasteiger partial charge in [-0.2, -0.15) is 0 Å². The third kappa shape index (κ3) is 3.95. The lowest BCUT2D eigenvalue weighted by Gasteiger charge is -2.54. The average Bonchev–Trinajstić information content (AvgIpc) is 2.44. The Balaban J connectivity index is 2.27. The molecule has 138 valence electrons. The molecular weight excluding hydrogens is 318 g/mol. The second-order valence-electron chi connectivity index (χ2n) is 8.09. The molecule has 1 heterocycles. The van der Waals surface area contributed by atoms with Crippen LogP contribution in [0.25, 0.3) is 0 Å². The van der Waals surface area contributed by atoms with Crippen LogP contribution < -0.4 is 15.8 Å². The van der Waals surface area contributed by atoms with Crippen LogP contribution in [0.3, 0.4) is 0 Å². The minimum Gasteiger partial charge on any atom is -0.495 e. The van der Waals surface area contributed by atoms with Crippen LogP contribution in [0.4, 0.5) is 5.69 Å². The zero-order valence-electron chi connectivity index (χ0n) is 16.0. The van der Waals surface area contributed by atoms with E-state index in [1.807, 2.05) is 40.7 Å². The average molecular weight is 347 g/mol. The fourth-order valence-corrected chi connectivity index (χ4v) is 4.10. The number of carbonyl (C=O) groups is 2. The smallest absolute Gasteiger partial charge is 0.314 e. The Kier molecular flexibility index (Phi) is 5.14. The molecule has 0 aliphatic carbocycles. The van der Waals surface area contributed by atoms with Crippen LogP contribution in [0.5, 0.6) is 5.75 Å². The van der Waals surface area contributed by atoms with Gasteiger partial charge in [0.05, 0.1) is 12.8 Å². The summed E-state index contributed by atoms with van der Waals surface area (Å²) in [7, 11) is 1.53. The molecule has 1 aliphatic heterocycles. The fraction of sp³-hybridized carbons (Fsp3) is 0.579. The standard InChI is InChI=1S/C19H29N3O3/c1-12-7-8-15(25-6)14(9-12)21-16(23)17(24)22-18(2,3)10-13(20)11-19(22,4)5/h7-9,13H,10-11,20H2,1-6H3,(H,21,23). The molecule has 6 heteroatoms. The summed E-state index contributed by atoms with van der Waals surface area (Å²) in [6, 6.07) is 5.44. The van der Waals surface area contributed by atoms with Gasteiger partial charge in [-0.25, -0.2) is 0 Å². The van der Waals surface area contributed by atoms with Crippen LogP contribution in [0.2, 0.25) is 0 Å². The molecular formula is C19H29N3O3. The van der Waals surface area contributed by atoms with Gasteiger partial charge in [0.25, 0.3) is 0 Å². The summed E-state index contributed by atoms with van der Waals surface area (Å²) in [6.45, 7) is 9.71. The fourth-order valence-electron chi connectivity index (χ4n) is 4.10. The first-order valence-electron chi connectivity index (χ1n) is 8.54. The van der Waals surface area contributed by atoms with Gasteiger partial charge in [-0.15, -0.1) is 0 Å². The van der Waals surface area contributed by atoms with Gasteiger partial charge in [0.1, 0.15) is 5.75 Å². The van der Waals surface area contributed by atoms with Crippen LogP contribution in [-0.4, -0.2) is 40.9 Å². The molecule has 1 aromatic rings. The molecule has 2 rings (SSSR count). The molecule has 0 bridgehead atoms. The number of aryl methyl sites for hydroxylation is 1. The zero-order valence-corrected chi connectivity index (χ0v) is 16.0. The normalized spacial score (nSPS) is 19.4. The Hall–Kier alpha value is -2.08. The van der Waals surface area contributed by atoms with Crippen LogP contribution in [-0.2, 0) is 9.59 Å². The predicted molar refractivity (Wildman–Crippen MR) is 98.6 cm³/mol. The van der Waals surface area contributed by atoms with Gasteiger partial charge in [0, 0.05) is 17.1 Å². The van der Waals surface area contributed by atoms with E-state index in [1.165, 1.54) is 7.11 Å². The van der Waals surface area contributed by atoms with E-state index in [4.69, 9.17) is 10.5 Å². The van der Waals surface area contributed by atoms with Crippen molar-refractivity contribution < 1.29 is 14.3 Å². The number of ether oxygens (including phenoxy) is 1. The zero-order chi connectivity index (χ0) is 19.0. The lowest BCUT2D eigenvalue weighted by Crippen LogP contribution is -2.66. The number of piperidine rings is 1. The van der Waals surface area contributed by atoms with Gasteiger partial charge in [-0.3, -0.25) is 9.59 Å². The van der Waals surface area contributed by atoms with Crippen molar-refractivity contribution in [2.45, 2.75) is 64.6 Å². The molecule has 1 aliphatic rings. The molecule has 6 nitrogen and oxygen atoms in total. The molecule has 0 spiro atoms. The first-order chi connectivity index (χ1) is 11.5. The third-order valence-electron chi connectivity index (χ3n) is 4.73. The quantitative estimate of drug-likeness (QED) is 0.805. The number of anilines is 1. The summed E-state index contributed by atoms with van der Waals surface area (Å²) in [5, 5.41) is 2.70. The van der Waals surface area contributed by atoms with Crippen molar-refractivity contribution in [3.63, 3.8) is 0 Å². The summed E-state index contributed by atoms with van der Waals surface area (Å²) in [5.41, 5.74) is 6.62. The van der Waals surface area contributed by atoms with Gasteiger partial charge < -0.3 is 20.7 Å². The number of likely N-dealkylation sites (tertiary alicyclic amines) is 1. The molecule has 2 amide bonds. The largest absolute Gasteiger partial charge is 0.495 e. The second kappa shape index (κ2) is 6.67. The van der Waals surface area contributed by atoms with Crippen molar-refractivity contribution in [1.82, 2.24) is 4.90 Å². The lowest BCUT2D eigenvalue weighted by molar-refractivity contribution is -0.156. The number of nitrogens with one attached hydrogen (secondary N) is 1. The number of benzene rings is 1. The highest BCUT2D eigenvalue weighted by atomic mass is 16.5. The van der Waals surface area contributed by atoms with E-state index in [0.29, 0.717) is 24.3 Å². The number of hydrogen-bond donors (Lipinski definition) is 2. The van der Waals surface area contributed by atoms with Crippen LogP contribution in [0, 0.1) is 6.92 Å². The van der Waals surface area contributed by atoms with Gasteiger partial charge in [0.15, 0.2) is 0 Å². The maximum absolute atomic E-state index is 13.0. The van der Waals surface area contributed by atoms with E-state index in [2.05, 4.69) is 5.32 Å². The molecule has 0 unspecified atom stereocenters. The van der Waals surface area contributed by atoms with Crippen LogP contribution in [0.15, 0.2) is 18.2 Å². The molecule has 0 aromatic heterocycles. The Labute approximate surface area is 149 Å². The topological polar surface area (TPSA) is 84.7 Å². The Bertz CT molecular complexity index is 664. The third-order valence-corrected chi connectivity index (χ3v) is 4.73. The predicted octanol–water partition coefficient (Wildman–Crippen LogP) is 2.45. The Morgan fingerprint density at radius 2 is 1.76 bits per heavy atom. The monoisotopic (exact) mass is 347 g/mol. The van der Waals surface area contributed by atoms with Crippen molar-refractivity contribution in [2.24, 2.45) is 5.73 Å². The Morgan fingerprint density at radius 3 is 2.28 bits per heavy atom. The van der Waals surface area contributed by atoms with Crippen molar-refractivity contribution >= 4 is 17.5 Å². The molecule has 0 radical (unpaired) electrons. The summed E-state index contributed by atoms with van der Waals surface area (Å²) >= 11 is 0. The molecule has 3 N–H and O–H groups in total. The number of rotatable bonds is 2. The van der Waals surface area contributed by atoms with Gasteiger partial charge >= 0.3 is 11.8 Å². The highest BCUT2D eigenvalue weighted by Crippen LogP contribution is 2.38. The summed E-state index contributed by atoms with van der Waals surface area (Å²) in [4.78, 5) is 27.3. The summed E-state index contributed by atoms with van der Waals surface area (Å²) in [5.74, 6) is -0.697. The lowest BCUT2D eigenvalue weighted by atomic mass is 9.77. The van der Waals surface area contributed by atoms with E-state index in [-0.39, 0.29) is 6.04 Å². The SMILES string of the molecule is COc1ccc(C)cc1NC(=O)C(=O)N1C(C)(C)CC(N)CC1(C)C. The molecule has 1 aromatic carbocycles. The molecule has 0 atom stereocenters. The first-order valence-corrected chi connectivity index (χ1v) is 8.54. The molecule has 1 fully saturated rings. The van der Waals surface area contributed by atoms with E-state index < -0.39 is 22.9 Å². The highest BCUT2D eigenvalue weighted by Gasteiger charge is 2.48. The van der Waals surface area contributed by atoms with Crippen LogP contribution in [0.1, 0.15) is 46.1 Å². The van der Waals surface area contributed by atoms with Gasteiger partial charge in [-0.1, -0.05) is 6.07 Å². The van der Waals surface area contributed by atoms with Crippen LogP contribution >= 0.6 is 0 Å². The van der Waals surface area contributed by atoms with E-state index in [9.17, 15) is 9.59 Å². The molecule has 0 saturated carbocycles. The van der Waals surface area contributed by atoms with Crippen molar-refractivity contribution in [2.75, 3.05) is 12.4 Å². The van der Waals surface area contributed by atoms with E-state index >= 15 is 0 Å². The summed E-state index contributed by atoms with van der Waals surface area (Å²) < 4.78 is 5.27. The van der Waals surface area contributed by atoms with E-state index in [1.54, 1.807) is 17.0 Å². The first kappa shape index (κ1) is 19.2. The van der Waals surface area contributed by atoms with Crippen molar-refractivity contribution in [3.8, 4) is 5.75 Å². The number of nitrogens with zero attached hydrogens (tertiary/aromatic N) is 1. The maximum Gasteiger partial charge on any atom is 0.314 e. The summed E-state index contributed by atoms with van der Waals surface area (Å²) in [6.07, 6.45) is 1.31. The number of nitrogens with two attached hydrogens (primary N) is 1.